The first kappa shape index (κ1) is 19.3. The molecule has 0 bridgehead atoms. The average Bonchev–Trinajstić information content (AvgIpc) is 2.64. The zero-order valence-corrected chi connectivity index (χ0v) is 14.6. The fraction of sp³-hybridized carbons (Fsp3) is 0.211. The second kappa shape index (κ2) is 8.02. The normalized spacial score (nSPS) is 13.9. The van der Waals surface area contributed by atoms with E-state index in [-0.39, 0.29) is 13.4 Å². The predicted octanol–water partition coefficient (Wildman–Crippen LogP) is 4.98. The molecule has 0 unspecified atom stereocenters. The smallest absolute Gasteiger partial charge is 0.416 e. The Morgan fingerprint density at radius 2 is 1.96 bits per heavy atom. The second-order valence-corrected chi connectivity index (χ2v) is 6.16. The maximum Gasteiger partial charge on any atom is 0.416 e. The van der Waals surface area contributed by atoms with Gasteiger partial charge in [-0.2, -0.15) is 13.2 Å². The van der Waals surface area contributed by atoms with Gasteiger partial charge in [0.1, 0.15) is 12.4 Å². The Morgan fingerprint density at radius 1 is 1.22 bits per heavy atom. The van der Waals surface area contributed by atoms with Gasteiger partial charge < -0.3 is 14.2 Å². The van der Waals surface area contributed by atoms with E-state index in [9.17, 15) is 18.0 Å². The van der Waals surface area contributed by atoms with Gasteiger partial charge in [-0.1, -0.05) is 23.7 Å². The summed E-state index contributed by atoms with van der Waals surface area (Å²) in [5, 5.41) is 0.467. The Kier molecular flexibility index (Phi) is 5.72. The van der Waals surface area contributed by atoms with E-state index in [1.807, 2.05) is 0 Å². The highest BCUT2D eigenvalue weighted by atomic mass is 35.5. The number of esters is 1. The van der Waals surface area contributed by atoms with Crippen LogP contribution in [0.5, 0.6) is 5.75 Å². The van der Waals surface area contributed by atoms with E-state index in [1.165, 1.54) is 18.2 Å². The molecular weight excluding hydrogens is 385 g/mol. The number of alkyl halides is 3. The Hall–Kier alpha value is -2.51. The summed E-state index contributed by atoms with van der Waals surface area (Å²) in [4.78, 5) is 11.9. The molecule has 2 aromatic carbocycles. The van der Waals surface area contributed by atoms with Crippen molar-refractivity contribution in [3.8, 4) is 5.75 Å². The molecule has 0 saturated heterocycles. The minimum Gasteiger partial charge on any atom is -0.467 e. The van der Waals surface area contributed by atoms with E-state index in [2.05, 4.69) is 0 Å². The lowest BCUT2D eigenvalue weighted by Gasteiger charge is -2.20. The monoisotopic (exact) mass is 398 g/mol. The number of ether oxygens (including phenoxy) is 3. The van der Waals surface area contributed by atoms with Crippen LogP contribution in [0.15, 0.2) is 42.5 Å². The zero-order valence-electron chi connectivity index (χ0n) is 13.9. The number of fused-ring (bicyclic) bond motifs is 1. The lowest BCUT2D eigenvalue weighted by atomic mass is 10.1. The number of halogens is 4. The van der Waals surface area contributed by atoms with Crippen molar-refractivity contribution in [2.45, 2.75) is 19.4 Å². The van der Waals surface area contributed by atoms with Crippen molar-refractivity contribution in [3.63, 3.8) is 0 Å². The van der Waals surface area contributed by atoms with Gasteiger partial charge in [-0.15, -0.1) is 0 Å². The molecule has 1 aliphatic rings. The molecule has 3 rings (SSSR count). The summed E-state index contributed by atoms with van der Waals surface area (Å²) >= 11 is 6.04. The standard InChI is InChI=1S/C19H14ClF3O4/c20-16-7-13-9-25-11-27-18(13)14(8-16)10-26-17(24)6-3-12-1-4-15(5-2-12)19(21,22)23/h1-8H,9-11H2/b6-3+. The van der Waals surface area contributed by atoms with Crippen LogP contribution in [-0.2, 0) is 33.7 Å². The van der Waals surface area contributed by atoms with E-state index in [4.69, 9.17) is 25.8 Å². The molecule has 0 spiro atoms. The molecule has 0 fully saturated rings. The SMILES string of the molecule is O=C(/C=C/c1ccc(C(F)(F)F)cc1)OCc1cc(Cl)cc2c1OCOC2. The first-order chi connectivity index (χ1) is 12.8. The van der Waals surface area contributed by atoms with Crippen molar-refractivity contribution in [2.75, 3.05) is 6.79 Å². The Morgan fingerprint density at radius 3 is 2.67 bits per heavy atom. The molecule has 8 heteroatoms. The molecule has 0 aliphatic carbocycles. The van der Waals surface area contributed by atoms with Crippen molar-refractivity contribution in [1.82, 2.24) is 0 Å². The van der Waals surface area contributed by atoms with Crippen LogP contribution in [-0.4, -0.2) is 12.8 Å². The molecule has 0 saturated carbocycles. The molecule has 142 valence electrons. The summed E-state index contributed by atoms with van der Waals surface area (Å²) in [7, 11) is 0. The number of rotatable bonds is 4. The number of hydrogen-bond donors (Lipinski definition) is 0. The van der Waals surface area contributed by atoms with Gasteiger partial charge in [0.25, 0.3) is 0 Å². The Labute approximate surface area is 158 Å². The third-order valence-corrected chi connectivity index (χ3v) is 3.99. The highest BCUT2D eigenvalue weighted by Gasteiger charge is 2.29. The number of carbonyl (C=O) groups excluding carboxylic acids is 1. The first-order valence-corrected chi connectivity index (χ1v) is 8.24. The van der Waals surface area contributed by atoms with Crippen molar-refractivity contribution >= 4 is 23.6 Å². The van der Waals surface area contributed by atoms with Crippen LogP contribution in [0.4, 0.5) is 13.2 Å². The van der Waals surface area contributed by atoms with Gasteiger partial charge in [0.2, 0.25) is 0 Å². The highest BCUT2D eigenvalue weighted by molar-refractivity contribution is 6.30. The highest BCUT2D eigenvalue weighted by Crippen LogP contribution is 2.32. The maximum atomic E-state index is 12.5. The molecular formula is C19H14ClF3O4. The van der Waals surface area contributed by atoms with Gasteiger partial charge in [-0.3, -0.25) is 0 Å². The quantitative estimate of drug-likeness (QED) is 0.538. The molecule has 4 nitrogen and oxygen atoms in total. The fourth-order valence-electron chi connectivity index (χ4n) is 2.51. The summed E-state index contributed by atoms with van der Waals surface area (Å²) in [6.07, 6.45) is -1.88. The van der Waals surface area contributed by atoms with Crippen LogP contribution in [0.25, 0.3) is 6.08 Å². The van der Waals surface area contributed by atoms with Crippen LogP contribution in [0, 0.1) is 0 Å². The lowest BCUT2D eigenvalue weighted by Crippen LogP contribution is -2.14. The van der Waals surface area contributed by atoms with Gasteiger partial charge in [0.05, 0.1) is 12.2 Å². The van der Waals surface area contributed by atoms with Crippen LogP contribution in [0.1, 0.15) is 22.3 Å². The van der Waals surface area contributed by atoms with E-state index < -0.39 is 17.7 Å². The van der Waals surface area contributed by atoms with Crippen molar-refractivity contribution in [3.05, 3.63) is 69.8 Å². The van der Waals surface area contributed by atoms with E-state index >= 15 is 0 Å². The summed E-state index contributed by atoms with van der Waals surface area (Å²) in [6.45, 7) is 0.396. The number of benzene rings is 2. The molecule has 27 heavy (non-hydrogen) atoms. The van der Waals surface area contributed by atoms with Crippen molar-refractivity contribution in [1.29, 1.82) is 0 Å². The van der Waals surface area contributed by atoms with Crippen LogP contribution >= 0.6 is 11.6 Å². The average molecular weight is 399 g/mol. The summed E-state index contributed by atoms with van der Waals surface area (Å²) in [6, 6.07) is 7.79. The third-order valence-electron chi connectivity index (χ3n) is 3.77. The van der Waals surface area contributed by atoms with E-state index in [0.29, 0.717) is 28.5 Å². The summed E-state index contributed by atoms with van der Waals surface area (Å²) < 4.78 is 53.3. The van der Waals surface area contributed by atoms with E-state index in [1.54, 1.807) is 12.1 Å². The van der Waals surface area contributed by atoms with Crippen LogP contribution in [0.3, 0.4) is 0 Å². The molecule has 0 aromatic heterocycles. The molecule has 0 radical (unpaired) electrons. The largest absolute Gasteiger partial charge is 0.467 e. The third kappa shape index (κ3) is 5.02. The van der Waals surface area contributed by atoms with E-state index in [0.717, 1.165) is 23.8 Å². The number of carbonyl (C=O) groups is 1. The fourth-order valence-corrected chi connectivity index (χ4v) is 2.77. The minimum atomic E-state index is -4.40. The summed E-state index contributed by atoms with van der Waals surface area (Å²) in [5.74, 6) is -0.0687. The minimum absolute atomic E-state index is 0.0565. The molecule has 2 aromatic rings. The predicted molar refractivity (Wildman–Crippen MR) is 92.0 cm³/mol. The van der Waals surface area contributed by atoms with Gasteiger partial charge in [0.15, 0.2) is 6.79 Å². The van der Waals surface area contributed by atoms with Gasteiger partial charge in [-0.05, 0) is 35.9 Å². The van der Waals surface area contributed by atoms with Gasteiger partial charge in [0, 0.05) is 22.2 Å². The lowest BCUT2D eigenvalue weighted by molar-refractivity contribution is -0.139. The maximum absolute atomic E-state index is 12.5. The van der Waals surface area contributed by atoms with Crippen LogP contribution < -0.4 is 4.74 Å². The summed E-state index contributed by atoms with van der Waals surface area (Å²) in [5.41, 5.74) is 1.06. The van der Waals surface area contributed by atoms with Crippen molar-refractivity contribution in [2.24, 2.45) is 0 Å². The van der Waals surface area contributed by atoms with Crippen LogP contribution in [0.2, 0.25) is 5.02 Å². The Bertz CT molecular complexity index is 860. The molecule has 0 N–H and O–H groups in total. The molecule has 1 heterocycles. The number of hydrogen-bond acceptors (Lipinski definition) is 4. The topological polar surface area (TPSA) is 44.8 Å². The Balaban J connectivity index is 1.62. The van der Waals surface area contributed by atoms with Crippen molar-refractivity contribution < 1.29 is 32.2 Å². The molecule has 0 amide bonds. The zero-order chi connectivity index (χ0) is 19.4. The molecule has 1 aliphatic heterocycles. The second-order valence-electron chi connectivity index (χ2n) is 5.72. The first-order valence-electron chi connectivity index (χ1n) is 7.87. The van der Waals surface area contributed by atoms with Gasteiger partial charge in [-0.25, -0.2) is 4.79 Å². The van der Waals surface area contributed by atoms with Gasteiger partial charge >= 0.3 is 12.1 Å². The molecule has 0 atom stereocenters.